The minimum atomic E-state index is -0.877. The van der Waals surface area contributed by atoms with E-state index in [2.05, 4.69) is 15.3 Å². The molecule has 6 heteroatoms. The second kappa shape index (κ2) is 4.68. The molecule has 1 atom stereocenters. The smallest absolute Gasteiger partial charge is 0.217 e. The van der Waals surface area contributed by atoms with Crippen LogP contribution in [0.15, 0.2) is 12.4 Å². The zero-order valence-corrected chi connectivity index (χ0v) is 6.81. The summed E-state index contributed by atoms with van der Waals surface area (Å²) in [5, 5.41) is 20.0. The molecule has 1 aromatic heterocycles. The molecule has 1 unspecified atom stereocenters. The van der Waals surface area contributed by atoms with E-state index in [-0.39, 0.29) is 19.0 Å². The van der Waals surface area contributed by atoms with Crippen molar-refractivity contribution in [1.82, 2.24) is 9.97 Å². The second-order valence-corrected chi connectivity index (χ2v) is 2.44. The lowest BCUT2D eigenvalue weighted by atomic mass is 10.4. The summed E-state index contributed by atoms with van der Waals surface area (Å²) in [7, 11) is 0. The zero-order chi connectivity index (χ0) is 9.68. The molecule has 0 fully saturated rings. The lowest BCUT2D eigenvalue weighted by Crippen LogP contribution is -2.23. The number of hydrogen-bond donors (Lipinski definition) is 3. The lowest BCUT2D eigenvalue weighted by Gasteiger charge is -2.08. The van der Waals surface area contributed by atoms with E-state index in [4.69, 9.17) is 10.2 Å². The van der Waals surface area contributed by atoms with Crippen LogP contribution in [0.3, 0.4) is 0 Å². The number of hydrogen-bond acceptors (Lipinski definition) is 5. The van der Waals surface area contributed by atoms with Gasteiger partial charge in [-0.15, -0.1) is 0 Å². The van der Waals surface area contributed by atoms with Crippen LogP contribution < -0.4 is 5.32 Å². The Morgan fingerprint density at radius 3 is 2.92 bits per heavy atom. The highest BCUT2D eigenvalue weighted by molar-refractivity contribution is 5.32. The highest BCUT2D eigenvalue weighted by atomic mass is 19.1. The molecule has 0 saturated heterocycles. The van der Waals surface area contributed by atoms with Gasteiger partial charge in [0.1, 0.15) is 12.1 Å². The Morgan fingerprint density at radius 1 is 1.54 bits per heavy atom. The van der Waals surface area contributed by atoms with Crippen molar-refractivity contribution < 1.29 is 14.6 Å². The molecule has 13 heavy (non-hydrogen) atoms. The van der Waals surface area contributed by atoms with E-state index in [1.54, 1.807) is 0 Å². The average molecular weight is 187 g/mol. The highest BCUT2D eigenvalue weighted by Gasteiger charge is 2.02. The second-order valence-electron chi connectivity index (χ2n) is 2.44. The van der Waals surface area contributed by atoms with Crippen molar-refractivity contribution in [3.8, 4) is 0 Å². The van der Waals surface area contributed by atoms with Crippen molar-refractivity contribution in [3.05, 3.63) is 18.3 Å². The zero-order valence-electron chi connectivity index (χ0n) is 6.81. The molecule has 1 aromatic rings. The van der Waals surface area contributed by atoms with Crippen LogP contribution in [0, 0.1) is 5.95 Å². The normalized spacial score (nSPS) is 12.5. The number of anilines is 1. The molecule has 0 spiro atoms. The molecular weight excluding hydrogens is 177 g/mol. The minimum Gasteiger partial charge on any atom is -0.394 e. The van der Waals surface area contributed by atoms with Crippen molar-refractivity contribution in [1.29, 1.82) is 0 Å². The summed E-state index contributed by atoms with van der Waals surface area (Å²) in [6.07, 6.45) is 0.196. The summed E-state index contributed by atoms with van der Waals surface area (Å²) >= 11 is 0. The summed E-state index contributed by atoms with van der Waals surface area (Å²) < 4.78 is 12.5. The van der Waals surface area contributed by atoms with Crippen molar-refractivity contribution >= 4 is 5.82 Å². The van der Waals surface area contributed by atoms with Crippen molar-refractivity contribution in [2.45, 2.75) is 6.10 Å². The van der Waals surface area contributed by atoms with E-state index in [0.29, 0.717) is 0 Å². The van der Waals surface area contributed by atoms with Gasteiger partial charge in [0.15, 0.2) is 0 Å². The third-order valence-corrected chi connectivity index (χ3v) is 1.36. The Labute approximate surface area is 74.3 Å². The van der Waals surface area contributed by atoms with Crippen molar-refractivity contribution in [2.75, 3.05) is 18.5 Å². The van der Waals surface area contributed by atoms with Crippen LogP contribution in [0.5, 0.6) is 0 Å². The fourth-order valence-corrected chi connectivity index (χ4v) is 0.717. The Morgan fingerprint density at radius 2 is 2.31 bits per heavy atom. The van der Waals surface area contributed by atoms with Crippen molar-refractivity contribution in [2.24, 2.45) is 0 Å². The standard InChI is InChI=1S/C7H10FN3O2/c8-6-1-7(11-4-10-6)9-2-5(13)3-12/h1,4-5,12-13H,2-3H2,(H,9,10,11). The van der Waals surface area contributed by atoms with E-state index in [0.717, 1.165) is 12.4 Å². The van der Waals surface area contributed by atoms with Gasteiger partial charge in [-0.05, 0) is 0 Å². The maximum absolute atomic E-state index is 12.5. The fraction of sp³-hybridized carbons (Fsp3) is 0.429. The fourth-order valence-electron chi connectivity index (χ4n) is 0.717. The minimum absolute atomic E-state index is 0.118. The number of aliphatic hydroxyl groups excluding tert-OH is 2. The molecule has 72 valence electrons. The number of halogens is 1. The van der Waals surface area contributed by atoms with Crippen LogP contribution in [0.2, 0.25) is 0 Å². The predicted octanol–water partition coefficient (Wildman–Crippen LogP) is -0.619. The summed E-state index contributed by atoms with van der Waals surface area (Å²) in [5.74, 6) is -0.365. The lowest BCUT2D eigenvalue weighted by molar-refractivity contribution is 0.105. The van der Waals surface area contributed by atoms with E-state index in [1.165, 1.54) is 0 Å². The van der Waals surface area contributed by atoms with E-state index < -0.39 is 12.1 Å². The van der Waals surface area contributed by atoms with Gasteiger partial charge in [0.2, 0.25) is 5.95 Å². The third kappa shape index (κ3) is 3.30. The average Bonchev–Trinajstić information content (AvgIpc) is 2.14. The number of nitrogens with zero attached hydrogens (tertiary/aromatic N) is 2. The number of aromatic nitrogens is 2. The molecule has 0 amide bonds. The number of nitrogens with one attached hydrogen (secondary N) is 1. The first-order valence-electron chi connectivity index (χ1n) is 3.72. The molecular formula is C7H10FN3O2. The van der Waals surface area contributed by atoms with Gasteiger partial charge in [-0.3, -0.25) is 0 Å². The quantitative estimate of drug-likeness (QED) is 0.547. The van der Waals surface area contributed by atoms with Gasteiger partial charge in [0.25, 0.3) is 0 Å². The molecule has 5 nitrogen and oxygen atoms in total. The summed E-state index contributed by atoms with van der Waals surface area (Å²) in [5.41, 5.74) is 0. The van der Waals surface area contributed by atoms with Gasteiger partial charge in [-0.1, -0.05) is 0 Å². The maximum Gasteiger partial charge on any atom is 0.217 e. The summed E-state index contributed by atoms with van der Waals surface area (Å²) in [6.45, 7) is -0.229. The molecule has 0 aromatic carbocycles. The topological polar surface area (TPSA) is 78.3 Å². The Hall–Kier alpha value is -1.27. The third-order valence-electron chi connectivity index (χ3n) is 1.36. The summed E-state index contributed by atoms with van der Waals surface area (Å²) in [4.78, 5) is 6.95. The Bertz CT molecular complexity index is 272. The van der Waals surface area contributed by atoms with Gasteiger partial charge in [0, 0.05) is 12.6 Å². The first-order valence-corrected chi connectivity index (χ1v) is 3.72. The first-order chi connectivity index (χ1) is 6.22. The van der Waals surface area contributed by atoms with Gasteiger partial charge in [-0.2, -0.15) is 4.39 Å². The van der Waals surface area contributed by atoms with E-state index in [1.807, 2.05) is 0 Å². The van der Waals surface area contributed by atoms with Crippen LogP contribution in [-0.2, 0) is 0 Å². The summed E-state index contributed by atoms with van der Waals surface area (Å²) in [6, 6.07) is 1.10. The van der Waals surface area contributed by atoms with Crippen LogP contribution in [-0.4, -0.2) is 39.4 Å². The molecule has 0 radical (unpaired) electrons. The number of aliphatic hydroxyl groups is 2. The molecule has 0 aliphatic rings. The van der Waals surface area contributed by atoms with Gasteiger partial charge >= 0.3 is 0 Å². The molecule has 0 bridgehead atoms. The highest BCUT2D eigenvalue weighted by Crippen LogP contribution is 2.01. The Balaban J connectivity index is 2.45. The molecule has 1 rings (SSSR count). The molecule has 3 N–H and O–H groups in total. The molecule has 1 heterocycles. The predicted molar refractivity (Wildman–Crippen MR) is 43.6 cm³/mol. The molecule has 0 aliphatic carbocycles. The van der Waals surface area contributed by atoms with E-state index in [9.17, 15) is 4.39 Å². The van der Waals surface area contributed by atoms with Crippen LogP contribution in [0.4, 0.5) is 10.2 Å². The molecule has 0 saturated carbocycles. The van der Waals surface area contributed by atoms with Crippen LogP contribution in [0.1, 0.15) is 0 Å². The SMILES string of the molecule is OCC(O)CNc1cc(F)ncn1. The largest absolute Gasteiger partial charge is 0.394 e. The van der Waals surface area contributed by atoms with Crippen LogP contribution in [0.25, 0.3) is 0 Å². The Kier molecular flexibility index (Phi) is 3.53. The number of rotatable bonds is 4. The van der Waals surface area contributed by atoms with Gasteiger partial charge in [-0.25, -0.2) is 9.97 Å². The van der Waals surface area contributed by atoms with Gasteiger partial charge in [0.05, 0.1) is 12.7 Å². The monoisotopic (exact) mass is 187 g/mol. The first kappa shape index (κ1) is 9.82. The van der Waals surface area contributed by atoms with E-state index >= 15 is 0 Å². The van der Waals surface area contributed by atoms with Gasteiger partial charge < -0.3 is 15.5 Å². The van der Waals surface area contributed by atoms with Crippen molar-refractivity contribution in [3.63, 3.8) is 0 Å². The van der Waals surface area contributed by atoms with Crippen LogP contribution >= 0.6 is 0 Å². The maximum atomic E-state index is 12.5. The molecule has 0 aliphatic heterocycles.